The van der Waals surface area contributed by atoms with Crippen molar-refractivity contribution in [3.05, 3.63) is 29.8 Å². The summed E-state index contributed by atoms with van der Waals surface area (Å²) in [5.74, 6) is 0.928. The molecule has 3 nitrogen and oxygen atoms in total. The summed E-state index contributed by atoms with van der Waals surface area (Å²) >= 11 is 0. The van der Waals surface area contributed by atoms with Crippen LogP contribution in [-0.4, -0.2) is 37.4 Å². The second kappa shape index (κ2) is 7.51. The van der Waals surface area contributed by atoms with Gasteiger partial charge in [0.25, 0.3) is 0 Å². The predicted octanol–water partition coefficient (Wildman–Crippen LogP) is 3.03. The van der Waals surface area contributed by atoms with Crippen LogP contribution in [0.15, 0.2) is 24.3 Å². The fourth-order valence-electron chi connectivity index (χ4n) is 2.31. The first kappa shape index (κ1) is 16.0. The van der Waals surface area contributed by atoms with Crippen LogP contribution in [0.1, 0.15) is 30.1 Å². The third-order valence-electron chi connectivity index (χ3n) is 3.39. The molecule has 0 saturated carbocycles. The molecule has 1 unspecified atom stereocenters. The van der Waals surface area contributed by atoms with Crippen LogP contribution in [0.5, 0.6) is 5.75 Å². The van der Waals surface area contributed by atoms with Gasteiger partial charge in [-0.3, -0.25) is 4.79 Å². The number of halogens is 1. The van der Waals surface area contributed by atoms with Crippen molar-refractivity contribution in [1.29, 1.82) is 0 Å². The lowest BCUT2D eigenvalue weighted by Gasteiger charge is -2.27. The van der Waals surface area contributed by atoms with Crippen LogP contribution in [0.3, 0.4) is 0 Å². The van der Waals surface area contributed by atoms with Crippen molar-refractivity contribution in [3.63, 3.8) is 0 Å². The summed E-state index contributed by atoms with van der Waals surface area (Å²) in [7, 11) is 2.07. The lowest BCUT2D eigenvalue weighted by Crippen LogP contribution is -2.37. The third kappa shape index (κ3) is 3.95. The molecule has 2 rings (SSSR count). The van der Waals surface area contributed by atoms with Crippen LogP contribution >= 0.6 is 12.4 Å². The number of Topliss-reactive ketones (excluding diaryl/α,β-unsaturated/α-hetero) is 1. The molecular formula is C15H22ClNO2. The summed E-state index contributed by atoms with van der Waals surface area (Å²) in [5.41, 5.74) is 0.734. The molecule has 4 heteroatoms. The monoisotopic (exact) mass is 283 g/mol. The van der Waals surface area contributed by atoms with Gasteiger partial charge in [0.2, 0.25) is 0 Å². The van der Waals surface area contributed by atoms with E-state index in [2.05, 4.69) is 18.9 Å². The molecule has 19 heavy (non-hydrogen) atoms. The zero-order valence-corrected chi connectivity index (χ0v) is 12.4. The van der Waals surface area contributed by atoms with Crippen LogP contribution in [0, 0.1) is 5.92 Å². The molecule has 1 aromatic carbocycles. The Hall–Kier alpha value is -1.06. The Labute approximate surface area is 121 Å². The van der Waals surface area contributed by atoms with Crippen molar-refractivity contribution in [2.45, 2.75) is 19.8 Å². The molecule has 0 amide bonds. The first-order valence-electron chi connectivity index (χ1n) is 6.67. The molecule has 0 aliphatic carbocycles. The van der Waals surface area contributed by atoms with Gasteiger partial charge < -0.3 is 9.64 Å². The van der Waals surface area contributed by atoms with Crippen molar-refractivity contribution in [2.24, 2.45) is 5.92 Å². The van der Waals surface area contributed by atoms with Crippen LogP contribution in [0.4, 0.5) is 0 Å². The SMILES string of the molecule is CCCCN(C)CC1COc2ccccc2C1=O.Cl. The standard InChI is InChI=1S/C15H21NO2.ClH/c1-3-4-9-16(2)10-12-11-18-14-8-6-5-7-13(14)15(12)17;/h5-8,12H,3-4,9-11H2,1-2H3;1H. The number of unbranched alkanes of at least 4 members (excludes halogenated alkanes) is 1. The smallest absolute Gasteiger partial charge is 0.174 e. The van der Waals surface area contributed by atoms with Gasteiger partial charge in [-0.1, -0.05) is 25.5 Å². The first-order chi connectivity index (χ1) is 8.72. The Kier molecular flexibility index (Phi) is 6.32. The number of benzene rings is 1. The van der Waals surface area contributed by atoms with Gasteiger partial charge >= 0.3 is 0 Å². The first-order valence-corrected chi connectivity index (χ1v) is 6.67. The molecule has 0 bridgehead atoms. The summed E-state index contributed by atoms with van der Waals surface area (Å²) in [4.78, 5) is 14.5. The minimum absolute atomic E-state index is 0. The molecule has 0 N–H and O–H groups in total. The highest BCUT2D eigenvalue weighted by Gasteiger charge is 2.29. The van der Waals surface area contributed by atoms with Gasteiger partial charge in [-0.2, -0.15) is 0 Å². The molecule has 1 aliphatic rings. The Morgan fingerprint density at radius 1 is 1.37 bits per heavy atom. The number of ketones is 1. The van der Waals surface area contributed by atoms with E-state index in [1.165, 1.54) is 12.8 Å². The van der Waals surface area contributed by atoms with Crippen LogP contribution in [0.2, 0.25) is 0 Å². The molecule has 1 aliphatic heterocycles. The summed E-state index contributed by atoms with van der Waals surface area (Å²) in [6.07, 6.45) is 2.36. The number of fused-ring (bicyclic) bond motifs is 1. The van der Waals surface area contributed by atoms with Crippen molar-refractivity contribution in [2.75, 3.05) is 26.7 Å². The van der Waals surface area contributed by atoms with E-state index in [9.17, 15) is 4.79 Å². The highest BCUT2D eigenvalue weighted by Crippen LogP contribution is 2.27. The maximum Gasteiger partial charge on any atom is 0.174 e. The molecule has 0 spiro atoms. The lowest BCUT2D eigenvalue weighted by atomic mass is 9.94. The topological polar surface area (TPSA) is 29.5 Å². The molecule has 0 radical (unpaired) electrons. The largest absolute Gasteiger partial charge is 0.492 e. The van der Waals surface area contributed by atoms with Gasteiger partial charge in [-0.05, 0) is 32.1 Å². The maximum atomic E-state index is 12.3. The Bertz CT molecular complexity index is 422. The van der Waals surface area contributed by atoms with Crippen molar-refractivity contribution in [3.8, 4) is 5.75 Å². The fourth-order valence-corrected chi connectivity index (χ4v) is 2.31. The van der Waals surface area contributed by atoms with E-state index in [0.717, 1.165) is 24.4 Å². The molecule has 0 saturated heterocycles. The van der Waals surface area contributed by atoms with Crippen molar-refractivity contribution in [1.82, 2.24) is 4.90 Å². The second-order valence-corrected chi connectivity index (χ2v) is 4.98. The van der Waals surface area contributed by atoms with Crippen molar-refractivity contribution < 1.29 is 9.53 Å². The van der Waals surface area contributed by atoms with E-state index >= 15 is 0 Å². The Morgan fingerprint density at radius 3 is 2.84 bits per heavy atom. The number of ether oxygens (including phenoxy) is 1. The van der Waals surface area contributed by atoms with E-state index < -0.39 is 0 Å². The van der Waals surface area contributed by atoms with Gasteiger partial charge in [0.1, 0.15) is 5.75 Å². The molecule has 1 aromatic rings. The van der Waals surface area contributed by atoms with Crippen LogP contribution in [0.25, 0.3) is 0 Å². The van der Waals surface area contributed by atoms with E-state index in [-0.39, 0.29) is 24.1 Å². The molecule has 0 fully saturated rings. The van der Waals surface area contributed by atoms with Gasteiger partial charge in [0.05, 0.1) is 18.1 Å². The van der Waals surface area contributed by atoms with Crippen LogP contribution in [-0.2, 0) is 0 Å². The van der Waals surface area contributed by atoms with E-state index in [1.807, 2.05) is 24.3 Å². The molecule has 106 valence electrons. The van der Waals surface area contributed by atoms with E-state index in [1.54, 1.807) is 0 Å². The summed E-state index contributed by atoms with van der Waals surface area (Å²) in [6.45, 7) is 4.51. The number of para-hydroxylation sites is 1. The summed E-state index contributed by atoms with van der Waals surface area (Å²) in [6, 6.07) is 7.52. The fraction of sp³-hybridized carbons (Fsp3) is 0.533. The molecular weight excluding hydrogens is 262 g/mol. The average Bonchev–Trinajstić information content (AvgIpc) is 2.40. The van der Waals surface area contributed by atoms with Gasteiger partial charge in [0.15, 0.2) is 5.78 Å². The number of rotatable bonds is 5. The van der Waals surface area contributed by atoms with Gasteiger partial charge in [-0.25, -0.2) is 0 Å². The Morgan fingerprint density at radius 2 is 2.11 bits per heavy atom. The van der Waals surface area contributed by atoms with E-state index in [4.69, 9.17) is 4.74 Å². The number of hydrogen-bond donors (Lipinski definition) is 0. The highest BCUT2D eigenvalue weighted by atomic mass is 35.5. The minimum atomic E-state index is -0.0262. The normalized spacial score (nSPS) is 17.6. The molecule has 1 heterocycles. The second-order valence-electron chi connectivity index (χ2n) is 4.98. The zero-order valence-electron chi connectivity index (χ0n) is 11.6. The van der Waals surface area contributed by atoms with Gasteiger partial charge in [0, 0.05) is 6.54 Å². The number of nitrogens with zero attached hydrogens (tertiary/aromatic N) is 1. The number of carbonyl (C=O) groups is 1. The summed E-state index contributed by atoms with van der Waals surface area (Å²) < 4.78 is 5.66. The average molecular weight is 284 g/mol. The van der Waals surface area contributed by atoms with E-state index in [0.29, 0.717) is 6.61 Å². The third-order valence-corrected chi connectivity index (χ3v) is 3.39. The Balaban J connectivity index is 0.00000180. The predicted molar refractivity (Wildman–Crippen MR) is 79.4 cm³/mol. The van der Waals surface area contributed by atoms with Gasteiger partial charge in [-0.15, -0.1) is 12.4 Å². The highest BCUT2D eigenvalue weighted by molar-refractivity contribution is 6.01. The quantitative estimate of drug-likeness (QED) is 0.832. The zero-order chi connectivity index (χ0) is 13.0. The lowest BCUT2D eigenvalue weighted by molar-refractivity contribution is 0.0784. The molecule has 0 aromatic heterocycles. The van der Waals surface area contributed by atoms with Crippen LogP contribution < -0.4 is 4.74 Å². The maximum absolute atomic E-state index is 12.3. The molecule has 1 atom stereocenters. The summed E-state index contributed by atoms with van der Waals surface area (Å²) in [5, 5.41) is 0. The minimum Gasteiger partial charge on any atom is -0.492 e. The number of carbonyl (C=O) groups excluding carboxylic acids is 1. The number of hydrogen-bond acceptors (Lipinski definition) is 3. The van der Waals surface area contributed by atoms with Crippen molar-refractivity contribution >= 4 is 18.2 Å².